The summed E-state index contributed by atoms with van der Waals surface area (Å²) in [4.78, 5) is 14.8. The van der Waals surface area contributed by atoms with E-state index in [2.05, 4.69) is 6.92 Å². The van der Waals surface area contributed by atoms with Crippen LogP contribution in [0.1, 0.15) is 30.1 Å². The molecule has 6 heteroatoms. The zero-order valence-electron chi connectivity index (χ0n) is 12.8. The molecule has 22 heavy (non-hydrogen) atoms. The number of carbonyl (C=O) groups is 1. The van der Waals surface area contributed by atoms with E-state index in [0.717, 1.165) is 19.4 Å². The van der Waals surface area contributed by atoms with Gasteiger partial charge in [0.1, 0.15) is 13.2 Å². The summed E-state index contributed by atoms with van der Waals surface area (Å²) in [7, 11) is 0. The van der Waals surface area contributed by atoms with E-state index in [1.54, 1.807) is 0 Å². The number of likely N-dealkylation sites (tertiary alicyclic amines) is 1. The Morgan fingerprint density at radius 3 is 2.91 bits per heavy atom. The lowest BCUT2D eigenvalue weighted by Crippen LogP contribution is -2.51. The molecule has 3 rings (SSSR count). The van der Waals surface area contributed by atoms with Gasteiger partial charge < -0.3 is 20.1 Å². The van der Waals surface area contributed by atoms with Crippen LogP contribution in [0, 0.1) is 5.92 Å². The Morgan fingerprint density at radius 1 is 1.36 bits per heavy atom. The van der Waals surface area contributed by atoms with Crippen molar-refractivity contribution in [3.8, 4) is 11.5 Å². The number of hydrogen-bond acceptors (Lipinski definition) is 4. The number of nitrogens with two attached hydrogens (primary N) is 1. The normalized spacial score (nSPS) is 23.6. The third kappa shape index (κ3) is 3.01. The maximum absolute atomic E-state index is 12.9. The van der Waals surface area contributed by atoms with Crippen molar-refractivity contribution in [3.05, 3.63) is 23.8 Å². The van der Waals surface area contributed by atoms with E-state index in [4.69, 9.17) is 15.2 Å². The molecule has 1 aromatic carbocycles. The van der Waals surface area contributed by atoms with Crippen LogP contribution in [-0.4, -0.2) is 43.2 Å². The molecule has 0 saturated carbocycles. The van der Waals surface area contributed by atoms with Crippen LogP contribution < -0.4 is 15.2 Å². The fourth-order valence-corrected chi connectivity index (χ4v) is 3.26. The summed E-state index contributed by atoms with van der Waals surface area (Å²) in [5, 5.41) is 0. The summed E-state index contributed by atoms with van der Waals surface area (Å²) in [5.74, 6) is 1.66. The van der Waals surface area contributed by atoms with Crippen molar-refractivity contribution in [2.24, 2.45) is 11.7 Å². The molecule has 0 aromatic heterocycles. The summed E-state index contributed by atoms with van der Waals surface area (Å²) >= 11 is 0. The lowest BCUT2D eigenvalue weighted by atomic mass is 9.90. The molecule has 0 aliphatic carbocycles. The average molecular weight is 327 g/mol. The van der Waals surface area contributed by atoms with Crippen molar-refractivity contribution in [3.63, 3.8) is 0 Å². The number of para-hydroxylation sites is 1. The van der Waals surface area contributed by atoms with Crippen molar-refractivity contribution in [1.29, 1.82) is 0 Å². The highest BCUT2D eigenvalue weighted by atomic mass is 35.5. The van der Waals surface area contributed by atoms with Crippen LogP contribution in [0.3, 0.4) is 0 Å². The second-order valence-corrected chi connectivity index (χ2v) is 5.75. The van der Waals surface area contributed by atoms with E-state index in [1.165, 1.54) is 0 Å². The molecule has 2 unspecified atom stereocenters. The molecule has 1 fully saturated rings. The van der Waals surface area contributed by atoms with Gasteiger partial charge in [-0.3, -0.25) is 4.79 Å². The molecule has 2 aliphatic heterocycles. The summed E-state index contributed by atoms with van der Waals surface area (Å²) in [6.07, 6.45) is 2.15. The van der Waals surface area contributed by atoms with Crippen LogP contribution in [0.5, 0.6) is 11.5 Å². The fraction of sp³-hybridized carbons (Fsp3) is 0.562. The minimum atomic E-state index is -0.000602. The van der Waals surface area contributed by atoms with Crippen molar-refractivity contribution >= 4 is 18.3 Å². The molecule has 122 valence electrons. The second kappa shape index (κ2) is 7.20. The van der Waals surface area contributed by atoms with E-state index in [1.807, 2.05) is 23.1 Å². The highest BCUT2D eigenvalue weighted by molar-refractivity contribution is 5.98. The first-order valence-electron chi connectivity index (χ1n) is 7.62. The summed E-state index contributed by atoms with van der Waals surface area (Å²) in [6, 6.07) is 5.59. The van der Waals surface area contributed by atoms with Crippen LogP contribution in [0.4, 0.5) is 0 Å². The summed E-state index contributed by atoms with van der Waals surface area (Å²) < 4.78 is 11.2. The number of carbonyl (C=O) groups excluding carboxylic acids is 1. The van der Waals surface area contributed by atoms with Crippen LogP contribution in [0.15, 0.2) is 18.2 Å². The van der Waals surface area contributed by atoms with E-state index >= 15 is 0 Å². The van der Waals surface area contributed by atoms with Crippen LogP contribution in [-0.2, 0) is 0 Å². The predicted octanol–water partition coefficient (Wildman–Crippen LogP) is 2.08. The van der Waals surface area contributed by atoms with Gasteiger partial charge in [0.05, 0.1) is 5.56 Å². The van der Waals surface area contributed by atoms with Crippen molar-refractivity contribution < 1.29 is 14.3 Å². The van der Waals surface area contributed by atoms with Crippen molar-refractivity contribution in [2.75, 3.05) is 26.3 Å². The molecule has 0 bridgehead atoms. The Hall–Kier alpha value is -1.46. The number of fused-ring (bicyclic) bond motifs is 1. The van der Waals surface area contributed by atoms with Crippen LogP contribution in [0.2, 0.25) is 0 Å². The molecule has 2 N–H and O–H groups in total. The minimum Gasteiger partial charge on any atom is -0.486 e. The molecular weight excluding hydrogens is 304 g/mol. The monoisotopic (exact) mass is 326 g/mol. The molecule has 1 saturated heterocycles. The fourth-order valence-electron chi connectivity index (χ4n) is 3.26. The Labute approximate surface area is 137 Å². The Bertz CT molecular complexity index is 538. The summed E-state index contributed by atoms with van der Waals surface area (Å²) in [6.45, 7) is 4.43. The molecule has 0 radical (unpaired) electrons. The Kier molecular flexibility index (Phi) is 5.53. The van der Waals surface area contributed by atoms with Crippen LogP contribution in [0.25, 0.3) is 0 Å². The van der Waals surface area contributed by atoms with Gasteiger partial charge >= 0.3 is 0 Å². The molecule has 2 aliphatic rings. The first-order valence-corrected chi connectivity index (χ1v) is 7.62. The highest BCUT2D eigenvalue weighted by Gasteiger charge is 2.33. The smallest absolute Gasteiger partial charge is 0.258 e. The number of benzene rings is 1. The van der Waals surface area contributed by atoms with Gasteiger partial charge in [0.2, 0.25) is 0 Å². The van der Waals surface area contributed by atoms with E-state index in [-0.39, 0.29) is 24.4 Å². The lowest BCUT2D eigenvalue weighted by Gasteiger charge is -2.39. The lowest BCUT2D eigenvalue weighted by molar-refractivity contribution is 0.0524. The van der Waals surface area contributed by atoms with E-state index in [0.29, 0.717) is 42.7 Å². The first-order chi connectivity index (χ1) is 10.2. The zero-order valence-corrected chi connectivity index (χ0v) is 13.6. The average Bonchev–Trinajstić information content (AvgIpc) is 2.53. The molecule has 2 heterocycles. The molecule has 0 spiro atoms. The SMILES string of the molecule is CC1CCCN(C(=O)c2cccc3c2OCCO3)C1CN.Cl. The number of ether oxygens (including phenoxy) is 2. The van der Waals surface area contributed by atoms with E-state index in [9.17, 15) is 4.79 Å². The highest BCUT2D eigenvalue weighted by Crippen LogP contribution is 2.35. The quantitative estimate of drug-likeness (QED) is 0.903. The van der Waals surface area contributed by atoms with Gasteiger partial charge in [0, 0.05) is 19.1 Å². The molecule has 1 amide bonds. The number of piperidine rings is 1. The van der Waals surface area contributed by atoms with Gasteiger partial charge in [0.25, 0.3) is 5.91 Å². The van der Waals surface area contributed by atoms with Gasteiger partial charge in [0.15, 0.2) is 11.5 Å². The maximum Gasteiger partial charge on any atom is 0.258 e. The predicted molar refractivity (Wildman–Crippen MR) is 87.0 cm³/mol. The van der Waals surface area contributed by atoms with Gasteiger partial charge in [-0.25, -0.2) is 0 Å². The van der Waals surface area contributed by atoms with Crippen molar-refractivity contribution in [2.45, 2.75) is 25.8 Å². The molecule has 2 atom stereocenters. The van der Waals surface area contributed by atoms with E-state index < -0.39 is 0 Å². The van der Waals surface area contributed by atoms with Crippen molar-refractivity contribution in [1.82, 2.24) is 4.90 Å². The topological polar surface area (TPSA) is 64.8 Å². The maximum atomic E-state index is 12.9. The minimum absolute atomic E-state index is 0. The number of hydrogen-bond donors (Lipinski definition) is 1. The van der Waals surface area contributed by atoms with Gasteiger partial charge in [-0.15, -0.1) is 12.4 Å². The third-order valence-electron chi connectivity index (χ3n) is 4.41. The Morgan fingerprint density at radius 2 is 2.14 bits per heavy atom. The van der Waals surface area contributed by atoms with Gasteiger partial charge in [-0.1, -0.05) is 13.0 Å². The zero-order chi connectivity index (χ0) is 14.8. The molecule has 1 aromatic rings. The standard InChI is InChI=1S/C16H22N2O3.ClH/c1-11-4-3-7-18(13(11)10-17)16(19)12-5-2-6-14-15(12)21-9-8-20-14;/h2,5-6,11,13H,3-4,7-10,17H2,1H3;1H. The number of rotatable bonds is 2. The number of amides is 1. The molecular formula is C16H23ClN2O3. The largest absolute Gasteiger partial charge is 0.486 e. The van der Waals surface area contributed by atoms with Crippen LogP contribution >= 0.6 is 12.4 Å². The number of halogens is 1. The van der Waals surface area contributed by atoms with Gasteiger partial charge in [-0.05, 0) is 30.9 Å². The molecule has 5 nitrogen and oxygen atoms in total. The first kappa shape index (κ1) is 16.9. The third-order valence-corrected chi connectivity index (χ3v) is 4.41. The number of nitrogens with zero attached hydrogens (tertiary/aromatic N) is 1. The second-order valence-electron chi connectivity index (χ2n) is 5.75. The van der Waals surface area contributed by atoms with Gasteiger partial charge in [-0.2, -0.15) is 0 Å². The Balaban J connectivity index is 0.00000176. The summed E-state index contributed by atoms with van der Waals surface area (Å²) in [5.41, 5.74) is 6.47.